The van der Waals surface area contributed by atoms with E-state index in [0.717, 1.165) is 22.8 Å². The number of hydrogen-bond acceptors (Lipinski definition) is 4. The van der Waals surface area contributed by atoms with Crippen LogP contribution in [0.15, 0.2) is 36.4 Å². The number of rotatable bonds is 2. The predicted octanol–water partition coefficient (Wildman–Crippen LogP) is 2.69. The molecule has 3 rings (SSSR count). The maximum absolute atomic E-state index is 12.8. The van der Waals surface area contributed by atoms with Gasteiger partial charge in [-0.3, -0.25) is 9.59 Å². The summed E-state index contributed by atoms with van der Waals surface area (Å²) >= 11 is 0. The first-order valence-corrected chi connectivity index (χ1v) is 7.63. The summed E-state index contributed by atoms with van der Waals surface area (Å²) in [6.45, 7) is 7.26. The molecule has 24 heavy (non-hydrogen) atoms. The summed E-state index contributed by atoms with van der Waals surface area (Å²) in [6.07, 6.45) is 0. The van der Waals surface area contributed by atoms with E-state index in [1.54, 1.807) is 24.3 Å². The van der Waals surface area contributed by atoms with Gasteiger partial charge in [0.2, 0.25) is 0 Å². The number of hydrogen-bond donors (Lipinski definition) is 0. The minimum atomic E-state index is -0.328. The van der Waals surface area contributed by atoms with Gasteiger partial charge in [-0.2, -0.15) is 10.2 Å². The van der Waals surface area contributed by atoms with Crippen molar-refractivity contribution in [2.45, 2.75) is 27.7 Å². The highest BCUT2D eigenvalue weighted by Gasteiger charge is 2.22. The van der Waals surface area contributed by atoms with Crippen LogP contribution in [0.3, 0.4) is 0 Å². The van der Waals surface area contributed by atoms with Crippen molar-refractivity contribution in [2.75, 3.05) is 0 Å². The molecule has 0 fully saturated rings. The summed E-state index contributed by atoms with van der Waals surface area (Å²) < 4.78 is 2.64. The van der Waals surface area contributed by atoms with Gasteiger partial charge >= 0.3 is 0 Å². The zero-order valence-corrected chi connectivity index (χ0v) is 14.1. The normalized spacial score (nSPS) is 10.8. The van der Waals surface area contributed by atoms with Crippen LogP contribution in [0.25, 0.3) is 0 Å². The van der Waals surface area contributed by atoms with Crippen LogP contribution in [0.1, 0.15) is 43.5 Å². The molecule has 1 aromatic carbocycles. The van der Waals surface area contributed by atoms with Gasteiger partial charge in [0.05, 0.1) is 22.5 Å². The molecule has 0 bridgehead atoms. The maximum Gasteiger partial charge on any atom is 0.279 e. The molecule has 122 valence electrons. The average molecular weight is 322 g/mol. The summed E-state index contributed by atoms with van der Waals surface area (Å²) in [6, 6.07) is 10.4. The van der Waals surface area contributed by atoms with Crippen molar-refractivity contribution < 1.29 is 9.59 Å². The van der Waals surface area contributed by atoms with Crippen LogP contribution in [0, 0.1) is 27.7 Å². The molecule has 2 aromatic heterocycles. The van der Waals surface area contributed by atoms with Crippen LogP contribution in [0.4, 0.5) is 0 Å². The molecule has 0 saturated heterocycles. The van der Waals surface area contributed by atoms with Crippen LogP contribution in [0.5, 0.6) is 0 Å². The molecule has 0 aliphatic carbocycles. The van der Waals surface area contributed by atoms with Crippen molar-refractivity contribution in [3.63, 3.8) is 0 Å². The molecular weight excluding hydrogens is 304 g/mol. The lowest BCUT2D eigenvalue weighted by Gasteiger charge is -2.09. The molecule has 0 aliphatic heterocycles. The largest absolute Gasteiger partial charge is 0.279 e. The first-order valence-electron chi connectivity index (χ1n) is 7.63. The zero-order valence-electron chi connectivity index (χ0n) is 14.1. The molecule has 0 aliphatic rings. The lowest BCUT2D eigenvalue weighted by atomic mass is 10.1. The topological polar surface area (TPSA) is 69.8 Å². The molecule has 0 amide bonds. The van der Waals surface area contributed by atoms with Crippen molar-refractivity contribution in [2.24, 2.45) is 0 Å². The smallest absolute Gasteiger partial charge is 0.267 e. The second-order valence-electron chi connectivity index (χ2n) is 5.83. The quantitative estimate of drug-likeness (QED) is 0.727. The lowest BCUT2D eigenvalue weighted by Crippen LogP contribution is -2.22. The van der Waals surface area contributed by atoms with Gasteiger partial charge in [-0.15, -0.1) is 0 Å². The Morgan fingerprint density at radius 3 is 1.42 bits per heavy atom. The Morgan fingerprint density at radius 2 is 1.12 bits per heavy atom. The second-order valence-corrected chi connectivity index (χ2v) is 5.83. The average Bonchev–Trinajstić information content (AvgIpc) is 3.06. The Kier molecular flexibility index (Phi) is 3.89. The summed E-state index contributed by atoms with van der Waals surface area (Å²) in [5.74, 6) is -0.655. The van der Waals surface area contributed by atoms with Gasteiger partial charge in [-0.25, -0.2) is 9.36 Å². The Labute approximate surface area is 139 Å². The molecule has 3 aromatic rings. The first-order chi connectivity index (χ1) is 11.4. The molecule has 0 radical (unpaired) electrons. The summed E-state index contributed by atoms with van der Waals surface area (Å²) in [5.41, 5.74) is 3.57. The van der Waals surface area contributed by atoms with E-state index in [1.165, 1.54) is 9.36 Å². The molecular formula is C18H18N4O2. The number of nitrogens with zero attached hydrogens (tertiary/aromatic N) is 4. The van der Waals surface area contributed by atoms with Crippen molar-refractivity contribution in [1.29, 1.82) is 0 Å². The fourth-order valence-corrected chi connectivity index (χ4v) is 2.75. The van der Waals surface area contributed by atoms with Gasteiger partial charge in [-0.05, 0) is 52.0 Å². The highest BCUT2D eigenvalue weighted by atomic mass is 16.2. The Bertz CT molecular complexity index is 873. The Morgan fingerprint density at radius 1 is 0.750 bits per heavy atom. The molecule has 6 nitrogen and oxygen atoms in total. The van der Waals surface area contributed by atoms with Gasteiger partial charge in [0.15, 0.2) is 0 Å². The van der Waals surface area contributed by atoms with Gasteiger partial charge in [0.1, 0.15) is 0 Å². The van der Waals surface area contributed by atoms with Gasteiger partial charge in [0, 0.05) is 11.4 Å². The first kappa shape index (κ1) is 15.9. The minimum absolute atomic E-state index is 0.307. The third kappa shape index (κ3) is 2.67. The van der Waals surface area contributed by atoms with Gasteiger partial charge in [-0.1, -0.05) is 12.1 Å². The standard InChI is InChI=1S/C18H18N4O2/c1-11-9-13(3)21(19-11)17(23)15-7-5-6-8-16(15)18(24)22-14(4)10-12(2)20-22/h5-10H,1-4H3. The molecule has 0 unspecified atom stereocenters. The highest BCUT2D eigenvalue weighted by molar-refractivity contribution is 6.08. The maximum atomic E-state index is 12.8. The minimum Gasteiger partial charge on any atom is -0.267 e. The van der Waals surface area contributed by atoms with E-state index in [4.69, 9.17) is 0 Å². The van der Waals surface area contributed by atoms with E-state index < -0.39 is 0 Å². The molecule has 0 spiro atoms. The van der Waals surface area contributed by atoms with Crippen LogP contribution >= 0.6 is 0 Å². The Hall–Kier alpha value is -3.02. The molecule has 2 heterocycles. The van der Waals surface area contributed by atoms with Crippen molar-refractivity contribution >= 4 is 11.8 Å². The van der Waals surface area contributed by atoms with E-state index in [0.29, 0.717) is 11.1 Å². The van der Waals surface area contributed by atoms with Crippen LogP contribution in [-0.2, 0) is 0 Å². The zero-order chi connectivity index (χ0) is 17.4. The summed E-state index contributed by atoms with van der Waals surface area (Å²) in [4.78, 5) is 25.7. The third-order valence-corrected chi connectivity index (χ3v) is 3.79. The van der Waals surface area contributed by atoms with E-state index in [-0.39, 0.29) is 11.8 Å². The van der Waals surface area contributed by atoms with Crippen molar-refractivity contribution in [1.82, 2.24) is 19.6 Å². The summed E-state index contributed by atoms with van der Waals surface area (Å²) in [7, 11) is 0. The highest BCUT2D eigenvalue weighted by Crippen LogP contribution is 2.15. The van der Waals surface area contributed by atoms with Gasteiger partial charge < -0.3 is 0 Å². The third-order valence-electron chi connectivity index (χ3n) is 3.79. The Balaban J connectivity index is 2.08. The van der Waals surface area contributed by atoms with E-state index in [1.807, 2.05) is 39.8 Å². The fraction of sp³-hybridized carbons (Fsp3) is 0.222. The monoisotopic (exact) mass is 322 g/mol. The van der Waals surface area contributed by atoms with Crippen molar-refractivity contribution in [3.8, 4) is 0 Å². The molecule has 0 N–H and O–H groups in total. The molecule has 6 heteroatoms. The number of aromatic nitrogens is 4. The number of benzene rings is 1. The number of carbonyl (C=O) groups is 2. The van der Waals surface area contributed by atoms with Crippen LogP contribution < -0.4 is 0 Å². The molecule has 0 saturated carbocycles. The number of aryl methyl sites for hydroxylation is 4. The predicted molar refractivity (Wildman–Crippen MR) is 89.3 cm³/mol. The summed E-state index contributed by atoms with van der Waals surface area (Å²) in [5, 5.41) is 8.43. The SMILES string of the molecule is Cc1cc(C)n(C(=O)c2ccccc2C(=O)n2nc(C)cc2C)n1. The van der Waals surface area contributed by atoms with Crippen molar-refractivity contribution in [3.05, 3.63) is 70.3 Å². The van der Waals surface area contributed by atoms with E-state index in [2.05, 4.69) is 10.2 Å². The van der Waals surface area contributed by atoms with Crippen LogP contribution in [-0.4, -0.2) is 31.4 Å². The molecule has 0 atom stereocenters. The second kappa shape index (κ2) is 5.88. The fourth-order valence-electron chi connectivity index (χ4n) is 2.75. The number of carbonyl (C=O) groups excluding carboxylic acids is 2. The van der Waals surface area contributed by atoms with E-state index in [9.17, 15) is 9.59 Å². The van der Waals surface area contributed by atoms with Crippen LogP contribution in [0.2, 0.25) is 0 Å². The van der Waals surface area contributed by atoms with E-state index >= 15 is 0 Å². The van der Waals surface area contributed by atoms with Gasteiger partial charge in [0.25, 0.3) is 11.8 Å². The lowest BCUT2D eigenvalue weighted by molar-refractivity contribution is 0.0908.